The van der Waals surface area contributed by atoms with Gasteiger partial charge in [0, 0.05) is 5.92 Å². The van der Waals surface area contributed by atoms with Crippen LogP contribution in [-0.4, -0.2) is 5.78 Å². The molecule has 1 nitrogen and oxygen atoms in total. The third-order valence-electron chi connectivity index (χ3n) is 2.22. The summed E-state index contributed by atoms with van der Waals surface area (Å²) >= 11 is 5.36. The molecule has 14 heavy (non-hydrogen) atoms. The summed E-state index contributed by atoms with van der Waals surface area (Å²) in [5.41, 5.74) is -0.186. The zero-order valence-electron chi connectivity index (χ0n) is 7.19. The van der Waals surface area contributed by atoms with E-state index in [2.05, 4.69) is 0 Å². The summed E-state index contributed by atoms with van der Waals surface area (Å²) in [7, 11) is 0. The van der Waals surface area contributed by atoms with E-state index in [4.69, 9.17) is 11.6 Å². The highest BCUT2D eigenvalue weighted by molar-refractivity contribution is 6.30. The monoisotopic (exact) mass is 216 g/mol. The zero-order chi connectivity index (χ0) is 10.3. The van der Waals surface area contributed by atoms with Crippen molar-refractivity contribution in [3.8, 4) is 0 Å². The molecule has 1 fully saturated rings. The molecule has 2 rings (SSSR count). The van der Waals surface area contributed by atoms with E-state index in [0.29, 0.717) is 0 Å². The third kappa shape index (κ3) is 1.64. The minimum atomic E-state index is -0.753. The normalized spacial score (nSPS) is 15.6. The highest BCUT2D eigenvalue weighted by Gasteiger charge is 2.32. The SMILES string of the molecule is O=C(c1cc(F)c(Cl)cc1F)C1CC1. The van der Waals surface area contributed by atoms with E-state index in [0.717, 1.165) is 25.0 Å². The number of rotatable bonds is 2. The topological polar surface area (TPSA) is 17.1 Å². The number of halogens is 3. The summed E-state index contributed by atoms with van der Waals surface area (Å²) in [6, 6.07) is 1.71. The molecule has 74 valence electrons. The van der Waals surface area contributed by atoms with Crippen molar-refractivity contribution in [1.29, 1.82) is 0 Å². The van der Waals surface area contributed by atoms with Crippen LogP contribution in [0.25, 0.3) is 0 Å². The molecule has 0 amide bonds. The molecule has 0 atom stereocenters. The van der Waals surface area contributed by atoms with Gasteiger partial charge in [-0.3, -0.25) is 4.79 Å². The number of Topliss-reactive ketones (excluding diaryl/α,β-unsaturated/α-hetero) is 1. The first-order valence-corrected chi connectivity index (χ1v) is 4.66. The predicted molar refractivity (Wildman–Crippen MR) is 48.4 cm³/mol. The molecule has 0 saturated heterocycles. The average Bonchev–Trinajstić information content (AvgIpc) is 2.93. The van der Waals surface area contributed by atoms with Crippen molar-refractivity contribution >= 4 is 17.4 Å². The molecule has 0 aromatic heterocycles. The Hall–Kier alpha value is -0.960. The van der Waals surface area contributed by atoms with Crippen molar-refractivity contribution in [2.45, 2.75) is 12.8 Å². The molecule has 1 aliphatic carbocycles. The number of hydrogen-bond donors (Lipinski definition) is 0. The second kappa shape index (κ2) is 3.31. The van der Waals surface area contributed by atoms with Gasteiger partial charge in [0.25, 0.3) is 0 Å². The molecule has 1 aromatic carbocycles. The van der Waals surface area contributed by atoms with Crippen molar-refractivity contribution < 1.29 is 13.6 Å². The fourth-order valence-electron chi connectivity index (χ4n) is 1.28. The van der Waals surface area contributed by atoms with Gasteiger partial charge in [-0.25, -0.2) is 8.78 Å². The van der Waals surface area contributed by atoms with Crippen LogP contribution >= 0.6 is 11.6 Å². The molecule has 4 heteroatoms. The Labute approximate surface area is 84.7 Å². The molecule has 0 N–H and O–H groups in total. The molecule has 0 radical (unpaired) electrons. The van der Waals surface area contributed by atoms with Crippen LogP contribution in [0.2, 0.25) is 5.02 Å². The molecule has 1 saturated carbocycles. The van der Waals surface area contributed by atoms with Gasteiger partial charge in [-0.2, -0.15) is 0 Å². The van der Waals surface area contributed by atoms with E-state index in [1.54, 1.807) is 0 Å². The Kier molecular flexibility index (Phi) is 2.27. The lowest BCUT2D eigenvalue weighted by Crippen LogP contribution is -2.05. The number of carbonyl (C=O) groups excluding carboxylic acids is 1. The lowest BCUT2D eigenvalue weighted by molar-refractivity contribution is 0.0963. The van der Waals surface area contributed by atoms with E-state index >= 15 is 0 Å². The molecule has 0 bridgehead atoms. The van der Waals surface area contributed by atoms with E-state index in [9.17, 15) is 13.6 Å². The van der Waals surface area contributed by atoms with Gasteiger partial charge in [0.05, 0.1) is 10.6 Å². The molecule has 0 unspecified atom stereocenters. The van der Waals surface area contributed by atoms with Gasteiger partial charge >= 0.3 is 0 Å². The van der Waals surface area contributed by atoms with Crippen LogP contribution in [-0.2, 0) is 0 Å². The standard InChI is InChI=1S/C10H7ClF2O/c11-7-4-8(12)6(3-9(7)13)10(14)5-1-2-5/h3-5H,1-2H2. The van der Waals surface area contributed by atoms with Crippen molar-refractivity contribution in [3.63, 3.8) is 0 Å². The maximum absolute atomic E-state index is 13.2. The lowest BCUT2D eigenvalue weighted by Gasteiger charge is -2.02. The van der Waals surface area contributed by atoms with Crippen LogP contribution in [0, 0.1) is 17.6 Å². The maximum atomic E-state index is 13.2. The number of benzene rings is 1. The summed E-state index contributed by atoms with van der Waals surface area (Å²) in [6.07, 6.45) is 1.53. The van der Waals surface area contributed by atoms with Gasteiger partial charge in [-0.15, -0.1) is 0 Å². The molecule has 0 spiro atoms. The van der Waals surface area contributed by atoms with Crippen molar-refractivity contribution in [3.05, 3.63) is 34.4 Å². The van der Waals surface area contributed by atoms with Crippen LogP contribution in [0.4, 0.5) is 8.78 Å². The molecule has 1 aromatic rings. The predicted octanol–water partition coefficient (Wildman–Crippen LogP) is 3.21. The molecular formula is C10H7ClF2O. The molecule has 0 heterocycles. The minimum Gasteiger partial charge on any atom is -0.294 e. The van der Waals surface area contributed by atoms with Crippen LogP contribution in [0.5, 0.6) is 0 Å². The van der Waals surface area contributed by atoms with E-state index < -0.39 is 11.6 Å². The number of hydrogen-bond acceptors (Lipinski definition) is 1. The smallest absolute Gasteiger partial charge is 0.168 e. The van der Waals surface area contributed by atoms with E-state index in [-0.39, 0.29) is 22.3 Å². The zero-order valence-corrected chi connectivity index (χ0v) is 7.94. The van der Waals surface area contributed by atoms with Gasteiger partial charge < -0.3 is 0 Å². The summed E-state index contributed by atoms with van der Waals surface area (Å²) in [5.74, 6) is -1.94. The fourth-order valence-corrected chi connectivity index (χ4v) is 1.43. The van der Waals surface area contributed by atoms with E-state index in [1.165, 1.54) is 0 Å². The Balaban J connectivity index is 2.41. The first-order chi connectivity index (χ1) is 6.59. The van der Waals surface area contributed by atoms with Gasteiger partial charge in [0.15, 0.2) is 5.78 Å². The second-order valence-electron chi connectivity index (χ2n) is 3.38. The largest absolute Gasteiger partial charge is 0.294 e. The Bertz CT molecular complexity index is 399. The second-order valence-corrected chi connectivity index (χ2v) is 3.79. The molecular weight excluding hydrogens is 210 g/mol. The third-order valence-corrected chi connectivity index (χ3v) is 2.51. The summed E-state index contributed by atoms with van der Waals surface area (Å²) in [6.45, 7) is 0. The number of ketones is 1. The maximum Gasteiger partial charge on any atom is 0.168 e. The Morgan fingerprint density at radius 3 is 2.50 bits per heavy atom. The van der Waals surface area contributed by atoms with Gasteiger partial charge in [-0.1, -0.05) is 11.6 Å². The summed E-state index contributed by atoms with van der Waals surface area (Å²) in [4.78, 5) is 11.4. The average molecular weight is 217 g/mol. The van der Waals surface area contributed by atoms with Gasteiger partial charge in [0.2, 0.25) is 0 Å². The van der Waals surface area contributed by atoms with Crippen LogP contribution in [0.1, 0.15) is 23.2 Å². The number of carbonyl (C=O) groups is 1. The van der Waals surface area contributed by atoms with Gasteiger partial charge in [0.1, 0.15) is 11.6 Å². The van der Waals surface area contributed by atoms with Crippen LogP contribution < -0.4 is 0 Å². The first-order valence-electron chi connectivity index (χ1n) is 4.28. The summed E-state index contributed by atoms with van der Waals surface area (Å²) in [5, 5.41) is -0.296. The van der Waals surface area contributed by atoms with E-state index in [1.807, 2.05) is 0 Å². The highest BCUT2D eigenvalue weighted by Crippen LogP contribution is 2.34. The van der Waals surface area contributed by atoms with Crippen molar-refractivity contribution in [2.24, 2.45) is 5.92 Å². The van der Waals surface area contributed by atoms with Crippen molar-refractivity contribution in [2.75, 3.05) is 0 Å². The quantitative estimate of drug-likeness (QED) is 0.548. The molecule has 0 aliphatic heterocycles. The first kappa shape index (κ1) is 9.59. The van der Waals surface area contributed by atoms with Gasteiger partial charge in [-0.05, 0) is 25.0 Å². The lowest BCUT2D eigenvalue weighted by atomic mass is 10.1. The fraction of sp³-hybridized carbons (Fsp3) is 0.300. The molecule has 1 aliphatic rings. The minimum absolute atomic E-state index is 0.120. The Morgan fingerprint density at radius 1 is 1.29 bits per heavy atom. The Morgan fingerprint density at radius 2 is 1.93 bits per heavy atom. The van der Waals surface area contributed by atoms with Crippen molar-refractivity contribution in [1.82, 2.24) is 0 Å². The van der Waals surface area contributed by atoms with Crippen LogP contribution in [0.3, 0.4) is 0 Å². The highest BCUT2D eigenvalue weighted by atomic mass is 35.5. The summed E-state index contributed by atoms with van der Waals surface area (Å²) < 4.78 is 26.1. The van der Waals surface area contributed by atoms with Crippen LogP contribution in [0.15, 0.2) is 12.1 Å².